The van der Waals surface area contributed by atoms with E-state index in [9.17, 15) is 4.79 Å². The fraction of sp³-hybridized carbons (Fsp3) is 0.429. The number of thioether (sulfide) groups is 2. The normalized spacial score (nSPS) is 17.2. The summed E-state index contributed by atoms with van der Waals surface area (Å²) in [7, 11) is 0. The van der Waals surface area contributed by atoms with Gasteiger partial charge >= 0.3 is 0 Å². The van der Waals surface area contributed by atoms with Crippen LogP contribution in [0.2, 0.25) is 0 Å². The Morgan fingerprint density at radius 2 is 2.43 bits per heavy atom. The van der Waals surface area contributed by atoms with Gasteiger partial charge in [-0.2, -0.15) is 11.8 Å². The van der Waals surface area contributed by atoms with E-state index in [1.165, 1.54) is 11.3 Å². The minimum absolute atomic E-state index is 0.121. The number of hydrogen-bond donors (Lipinski definition) is 1. The summed E-state index contributed by atoms with van der Waals surface area (Å²) < 4.78 is 6.72. The first-order valence-corrected chi connectivity index (χ1v) is 10.2. The van der Waals surface area contributed by atoms with Crippen molar-refractivity contribution in [3.05, 3.63) is 23.9 Å². The minimum atomic E-state index is -0.275. The molecule has 6 nitrogen and oxygen atoms in total. The Labute approximate surface area is 146 Å². The third-order valence-corrected chi connectivity index (χ3v) is 6.06. The maximum absolute atomic E-state index is 12.5. The zero-order valence-corrected chi connectivity index (χ0v) is 15.0. The van der Waals surface area contributed by atoms with Crippen LogP contribution in [0.3, 0.4) is 0 Å². The number of aromatic nitrogens is 3. The molecule has 2 aromatic heterocycles. The third-order valence-electron chi connectivity index (χ3n) is 3.08. The second-order valence-electron chi connectivity index (χ2n) is 4.72. The molecule has 0 aromatic carbocycles. The summed E-state index contributed by atoms with van der Waals surface area (Å²) in [6.45, 7) is 2.05. The highest BCUT2D eigenvalue weighted by atomic mass is 32.2. The number of nitrogens with one attached hydrogen (secondary N) is 1. The van der Waals surface area contributed by atoms with Crippen LogP contribution in [0.5, 0.6) is 5.88 Å². The van der Waals surface area contributed by atoms with Crippen LogP contribution in [0.15, 0.2) is 22.7 Å². The summed E-state index contributed by atoms with van der Waals surface area (Å²) in [5.41, 5.74) is 0.421. The van der Waals surface area contributed by atoms with E-state index in [1.807, 2.05) is 18.7 Å². The Morgan fingerprint density at radius 3 is 3.22 bits per heavy atom. The van der Waals surface area contributed by atoms with E-state index in [4.69, 9.17) is 4.74 Å². The minimum Gasteiger partial charge on any atom is -0.473 e. The zero-order chi connectivity index (χ0) is 16.1. The molecule has 0 saturated carbocycles. The van der Waals surface area contributed by atoms with Gasteiger partial charge in [-0.25, -0.2) is 4.98 Å². The number of carbonyl (C=O) groups excluding carboxylic acids is 1. The van der Waals surface area contributed by atoms with E-state index in [2.05, 4.69) is 20.5 Å². The second kappa shape index (κ2) is 7.98. The molecule has 1 fully saturated rings. The van der Waals surface area contributed by atoms with Crippen LogP contribution in [-0.2, 0) is 0 Å². The van der Waals surface area contributed by atoms with Crippen molar-refractivity contribution in [3.63, 3.8) is 0 Å². The molecule has 122 valence electrons. The molecule has 9 heteroatoms. The number of hydrogen-bond acceptors (Lipinski definition) is 8. The number of nitrogens with zero attached hydrogens (tertiary/aromatic N) is 3. The van der Waals surface area contributed by atoms with Crippen molar-refractivity contribution < 1.29 is 9.53 Å². The summed E-state index contributed by atoms with van der Waals surface area (Å²) in [4.78, 5) is 16.7. The first-order chi connectivity index (χ1) is 11.3. The fourth-order valence-corrected chi connectivity index (χ4v) is 4.77. The lowest BCUT2D eigenvalue weighted by molar-refractivity contribution is 0.101. The average molecular weight is 369 g/mol. The molecule has 0 spiro atoms. The van der Waals surface area contributed by atoms with Gasteiger partial charge in [0.25, 0.3) is 5.91 Å². The Bertz CT molecular complexity index is 674. The first kappa shape index (κ1) is 16.5. The molecule has 3 rings (SSSR count). The van der Waals surface area contributed by atoms with E-state index in [0.29, 0.717) is 16.6 Å². The van der Waals surface area contributed by atoms with Gasteiger partial charge in [0.15, 0.2) is 4.34 Å². The second-order valence-corrected chi connectivity index (χ2v) is 8.36. The van der Waals surface area contributed by atoms with Crippen molar-refractivity contribution in [2.45, 2.75) is 23.8 Å². The Morgan fingerprint density at radius 1 is 1.52 bits per heavy atom. The van der Waals surface area contributed by atoms with Crippen molar-refractivity contribution in [2.24, 2.45) is 0 Å². The van der Waals surface area contributed by atoms with Gasteiger partial charge in [-0.05, 0) is 30.1 Å². The molecule has 2 aromatic rings. The molecular weight excluding hydrogens is 352 g/mol. The monoisotopic (exact) mass is 368 g/mol. The predicted molar refractivity (Wildman–Crippen MR) is 94.9 cm³/mol. The molecule has 1 amide bonds. The molecule has 3 heterocycles. The average Bonchev–Trinajstić information content (AvgIpc) is 3.20. The number of anilines is 1. The standard InChI is InChI=1S/C14H16N4O2S3/c1-2-22-14-18-17-13(23-14)16-11(19)10-4-3-6-15-12(10)20-9-5-7-21-8-9/h3-4,6,9H,2,5,7-8H2,1H3,(H,16,17,19). The fourth-order valence-electron chi connectivity index (χ4n) is 2.03. The van der Waals surface area contributed by atoms with E-state index in [-0.39, 0.29) is 12.0 Å². The smallest absolute Gasteiger partial charge is 0.262 e. The maximum atomic E-state index is 12.5. The largest absolute Gasteiger partial charge is 0.473 e. The van der Waals surface area contributed by atoms with E-state index in [1.54, 1.807) is 30.1 Å². The molecule has 1 unspecified atom stereocenters. The Hall–Kier alpha value is -1.32. The third kappa shape index (κ3) is 4.36. The van der Waals surface area contributed by atoms with Crippen LogP contribution in [0.4, 0.5) is 5.13 Å². The number of pyridine rings is 1. The molecule has 1 N–H and O–H groups in total. The predicted octanol–water partition coefficient (Wildman–Crippen LogP) is 3.18. The highest BCUT2D eigenvalue weighted by molar-refractivity contribution is 8.01. The van der Waals surface area contributed by atoms with Crippen LogP contribution in [0.1, 0.15) is 23.7 Å². The van der Waals surface area contributed by atoms with Gasteiger partial charge < -0.3 is 4.74 Å². The van der Waals surface area contributed by atoms with Crippen molar-refractivity contribution in [3.8, 4) is 5.88 Å². The molecule has 1 saturated heterocycles. The summed E-state index contributed by atoms with van der Waals surface area (Å²) >= 11 is 4.81. The summed E-state index contributed by atoms with van der Waals surface area (Å²) in [5, 5.41) is 11.3. The SMILES string of the molecule is CCSc1nnc(NC(=O)c2cccnc2OC2CCSC2)s1. The van der Waals surface area contributed by atoms with Crippen LogP contribution in [-0.4, -0.2) is 44.5 Å². The van der Waals surface area contributed by atoms with Gasteiger partial charge in [-0.1, -0.05) is 30.0 Å². The van der Waals surface area contributed by atoms with Gasteiger partial charge in [-0.15, -0.1) is 10.2 Å². The van der Waals surface area contributed by atoms with E-state index < -0.39 is 0 Å². The summed E-state index contributed by atoms with van der Waals surface area (Å²) in [5.74, 6) is 3.05. The molecule has 23 heavy (non-hydrogen) atoms. The van der Waals surface area contributed by atoms with Crippen molar-refractivity contribution in [1.29, 1.82) is 0 Å². The number of carbonyl (C=O) groups is 1. The summed E-state index contributed by atoms with van der Waals surface area (Å²) in [6, 6.07) is 3.44. The van der Waals surface area contributed by atoms with Crippen LogP contribution in [0.25, 0.3) is 0 Å². The van der Waals surface area contributed by atoms with Crippen molar-refractivity contribution in [1.82, 2.24) is 15.2 Å². The topological polar surface area (TPSA) is 77.0 Å². The van der Waals surface area contributed by atoms with Crippen molar-refractivity contribution >= 4 is 45.9 Å². The van der Waals surface area contributed by atoms with Gasteiger partial charge in [0.05, 0.1) is 0 Å². The lowest BCUT2D eigenvalue weighted by Crippen LogP contribution is -2.20. The highest BCUT2D eigenvalue weighted by Gasteiger charge is 2.22. The van der Waals surface area contributed by atoms with E-state index >= 15 is 0 Å². The van der Waals surface area contributed by atoms with Crippen LogP contribution >= 0.6 is 34.9 Å². The number of ether oxygens (including phenoxy) is 1. The molecule has 0 aliphatic carbocycles. The lowest BCUT2D eigenvalue weighted by Gasteiger charge is -2.14. The van der Waals surface area contributed by atoms with Gasteiger partial charge in [0.2, 0.25) is 11.0 Å². The first-order valence-electron chi connectivity index (χ1n) is 7.23. The quantitative estimate of drug-likeness (QED) is 0.620. The van der Waals surface area contributed by atoms with Crippen molar-refractivity contribution in [2.75, 3.05) is 22.6 Å². The van der Waals surface area contributed by atoms with Gasteiger partial charge in [0, 0.05) is 11.9 Å². The summed E-state index contributed by atoms with van der Waals surface area (Å²) in [6.07, 6.45) is 2.74. The lowest BCUT2D eigenvalue weighted by atomic mass is 10.2. The molecule has 1 atom stereocenters. The molecule has 0 bridgehead atoms. The molecule has 1 aliphatic heterocycles. The zero-order valence-electron chi connectivity index (χ0n) is 12.5. The van der Waals surface area contributed by atoms with Crippen LogP contribution in [0, 0.1) is 0 Å². The maximum Gasteiger partial charge on any atom is 0.262 e. The molecular formula is C14H16N4O2S3. The number of amides is 1. The Balaban J connectivity index is 1.70. The van der Waals surface area contributed by atoms with Gasteiger partial charge in [-0.3, -0.25) is 10.1 Å². The molecule has 1 aliphatic rings. The number of rotatable bonds is 6. The van der Waals surface area contributed by atoms with Gasteiger partial charge in [0.1, 0.15) is 11.7 Å². The van der Waals surface area contributed by atoms with E-state index in [0.717, 1.165) is 28.0 Å². The highest BCUT2D eigenvalue weighted by Crippen LogP contribution is 2.27. The molecule has 0 radical (unpaired) electrons. The van der Waals surface area contributed by atoms with Crippen LogP contribution < -0.4 is 10.1 Å². The Kier molecular flexibility index (Phi) is 5.74.